The van der Waals surface area contributed by atoms with E-state index in [0.717, 1.165) is 16.0 Å². The van der Waals surface area contributed by atoms with Crippen LogP contribution in [0.3, 0.4) is 0 Å². The molecule has 0 spiro atoms. The molecule has 1 heterocycles. The second-order valence-corrected chi connectivity index (χ2v) is 6.29. The smallest absolute Gasteiger partial charge is 0.337 e. The van der Waals surface area contributed by atoms with Crippen molar-refractivity contribution >= 4 is 35.2 Å². The fourth-order valence-electron chi connectivity index (χ4n) is 2.19. The summed E-state index contributed by atoms with van der Waals surface area (Å²) in [6.45, 7) is 0. The third kappa shape index (κ3) is 3.88. The molecule has 0 aliphatic rings. The summed E-state index contributed by atoms with van der Waals surface area (Å²) in [7, 11) is 0. The maximum atomic E-state index is 11.5. The number of aromatic nitrogens is 1. The lowest BCUT2D eigenvalue weighted by atomic mass is 10.0. The summed E-state index contributed by atoms with van der Waals surface area (Å²) in [6.07, 6.45) is 3.20. The minimum Gasteiger partial charge on any atom is -0.478 e. The van der Waals surface area contributed by atoms with Crippen LogP contribution in [0.5, 0.6) is 0 Å². The average molecular weight is 357 g/mol. The highest BCUT2D eigenvalue weighted by Gasteiger charge is 2.12. The van der Waals surface area contributed by atoms with Crippen molar-refractivity contribution < 1.29 is 9.90 Å². The second kappa shape index (κ2) is 7.38. The van der Waals surface area contributed by atoms with E-state index in [-0.39, 0.29) is 5.56 Å². The molecule has 0 atom stereocenters. The van der Waals surface area contributed by atoms with Crippen molar-refractivity contribution in [2.45, 2.75) is 4.90 Å². The Hall–Kier alpha value is -2.50. The highest BCUT2D eigenvalue weighted by Crippen LogP contribution is 2.29. The number of carboxylic acid groups (broad SMARTS) is 1. The molecule has 0 saturated heterocycles. The summed E-state index contributed by atoms with van der Waals surface area (Å²) in [6, 6.07) is 16.8. The van der Waals surface area contributed by atoms with E-state index in [4.69, 9.17) is 11.6 Å². The number of halogens is 1. The van der Waals surface area contributed by atoms with Crippen LogP contribution in [0.2, 0.25) is 5.02 Å². The van der Waals surface area contributed by atoms with Gasteiger partial charge in [0, 0.05) is 17.3 Å². The van der Waals surface area contributed by atoms with Gasteiger partial charge in [-0.15, -0.1) is 0 Å². The number of aromatic carboxylic acids is 1. The maximum Gasteiger partial charge on any atom is 0.337 e. The lowest BCUT2D eigenvalue weighted by Gasteiger charge is -2.11. The molecule has 4 nitrogen and oxygen atoms in total. The van der Waals surface area contributed by atoms with Gasteiger partial charge in [-0.25, -0.2) is 4.79 Å². The number of pyridine rings is 1. The van der Waals surface area contributed by atoms with Gasteiger partial charge in [-0.1, -0.05) is 48.0 Å². The van der Waals surface area contributed by atoms with E-state index in [0.29, 0.717) is 10.7 Å². The third-order valence-corrected chi connectivity index (χ3v) is 4.30. The Kier molecular flexibility index (Phi) is 5.03. The predicted molar refractivity (Wildman–Crippen MR) is 97.6 cm³/mol. The molecule has 6 heteroatoms. The van der Waals surface area contributed by atoms with Gasteiger partial charge in [0.2, 0.25) is 0 Å². The molecule has 1 aromatic heterocycles. The molecule has 0 radical (unpaired) electrons. The van der Waals surface area contributed by atoms with Gasteiger partial charge in [0.15, 0.2) is 0 Å². The predicted octanol–water partition coefficient (Wildman–Crippen LogP) is 5.22. The van der Waals surface area contributed by atoms with Crippen molar-refractivity contribution in [2.75, 3.05) is 4.72 Å². The molecule has 0 amide bonds. The molecule has 120 valence electrons. The van der Waals surface area contributed by atoms with Gasteiger partial charge in [-0.3, -0.25) is 4.98 Å². The fourth-order valence-corrected chi connectivity index (χ4v) is 3.12. The maximum absolute atomic E-state index is 11.5. The highest BCUT2D eigenvalue weighted by atomic mass is 35.5. The molecule has 0 fully saturated rings. The van der Waals surface area contributed by atoms with Crippen LogP contribution >= 0.6 is 23.5 Å². The Balaban J connectivity index is 1.90. The Bertz CT molecular complexity index is 872. The number of hydrogen-bond acceptors (Lipinski definition) is 4. The van der Waals surface area contributed by atoms with Crippen molar-refractivity contribution in [3.63, 3.8) is 0 Å². The van der Waals surface area contributed by atoms with Crippen molar-refractivity contribution in [2.24, 2.45) is 0 Å². The summed E-state index contributed by atoms with van der Waals surface area (Å²) in [4.78, 5) is 16.3. The van der Waals surface area contributed by atoms with E-state index < -0.39 is 5.97 Å². The number of carbonyl (C=O) groups is 1. The SMILES string of the molecule is O=C(O)c1ccc(-c2ccccc2)cc1NSc1cncc(Cl)c1. The van der Waals surface area contributed by atoms with Gasteiger partial charge in [0.1, 0.15) is 0 Å². The Morgan fingerprint density at radius 1 is 1.04 bits per heavy atom. The van der Waals surface area contributed by atoms with Crippen molar-refractivity contribution in [1.29, 1.82) is 0 Å². The Labute approximate surface area is 148 Å². The quantitative estimate of drug-likeness (QED) is 0.614. The van der Waals surface area contributed by atoms with Crippen LogP contribution in [0.25, 0.3) is 11.1 Å². The first-order valence-electron chi connectivity index (χ1n) is 7.09. The van der Waals surface area contributed by atoms with Gasteiger partial charge in [-0.05, 0) is 41.3 Å². The molecule has 0 unspecified atom stereocenters. The van der Waals surface area contributed by atoms with E-state index in [9.17, 15) is 9.90 Å². The third-order valence-electron chi connectivity index (χ3n) is 3.32. The average Bonchev–Trinajstić information content (AvgIpc) is 2.60. The first kappa shape index (κ1) is 16.4. The molecular formula is C18H13ClN2O2S. The lowest BCUT2D eigenvalue weighted by molar-refractivity contribution is 0.0698. The number of rotatable bonds is 5. The standard InChI is InChI=1S/C18H13ClN2O2S/c19-14-9-15(11-20-10-14)24-21-17-8-13(6-7-16(17)18(22)23)12-4-2-1-3-5-12/h1-11,21H,(H,22,23). The summed E-state index contributed by atoms with van der Waals surface area (Å²) in [5.74, 6) is -0.984. The molecule has 0 aliphatic carbocycles. The monoisotopic (exact) mass is 356 g/mol. The number of hydrogen-bond donors (Lipinski definition) is 2. The topological polar surface area (TPSA) is 62.2 Å². The number of anilines is 1. The zero-order valence-electron chi connectivity index (χ0n) is 12.4. The van der Waals surface area contributed by atoms with Crippen LogP contribution < -0.4 is 4.72 Å². The van der Waals surface area contributed by atoms with E-state index in [1.165, 1.54) is 11.9 Å². The molecule has 0 bridgehead atoms. The van der Waals surface area contributed by atoms with Crippen LogP contribution in [0.1, 0.15) is 10.4 Å². The number of carboxylic acids is 1. The zero-order valence-corrected chi connectivity index (χ0v) is 14.0. The van der Waals surface area contributed by atoms with Crippen LogP contribution in [0, 0.1) is 0 Å². The molecule has 3 aromatic rings. The molecular weight excluding hydrogens is 344 g/mol. The van der Waals surface area contributed by atoms with E-state index in [2.05, 4.69) is 9.71 Å². The molecule has 2 N–H and O–H groups in total. The van der Waals surface area contributed by atoms with Crippen molar-refractivity contribution in [1.82, 2.24) is 4.98 Å². The minimum absolute atomic E-state index is 0.206. The second-order valence-electron chi connectivity index (χ2n) is 4.97. The van der Waals surface area contributed by atoms with E-state index in [1.807, 2.05) is 36.4 Å². The minimum atomic E-state index is -0.984. The van der Waals surface area contributed by atoms with Crippen molar-refractivity contribution in [3.05, 3.63) is 77.6 Å². The lowest BCUT2D eigenvalue weighted by Crippen LogP contribution is -2.02. The molecule has 0 aliphatic heterocycles. The first-order valence-corrected chi connectivity index (χ1v) is 8.29. The normalized spacial score (nSPS) is 10.4. The zero-order chi connectivity index (χ0) is 16.9. The summed E-state index contributed by atoms with van der Waals surface area (Å²) in [5.41, 5.74) is 2.69. The summed E-state index contributed by atoms with van der Waals surface area (Å²) < 4.78 is 3.09. The molecule has 3 rings (SSSR count). The first-order chi connectivity index (χ1) is 11.6. The highest BCUT2D eigenvalue weighted by molar-refractivity contribution is 8.00. The molecule has 2 aromatic carbocycles. The van der Waals surface area contributed by atoms with Gasteiger partial charge >= 0.3 is 5.97 Å². The van der Waals surface area contributed by atoms with Crippen LogP contribution in [-0.2, 0) is 0 Å². The van der Waals surface area contributed by atoms with Gasteiger partial charge in [0.25, 0.3) is 0 Å². The van der Waals surface area contributed by atoms with Gasteiger partial charge in [0.05, 0.1) is 16.3 Å². The summed E-state index contributed by atoms with van der Waals surface area (Å²) >= 11 is 7.18. The van der Waals surface area contributed by atoms with Gasteiger partial charge in [-0.2, -0.15) is 0 Å². The summed E-state index contributed by atoms with van der Waals surface area (Å²) in [5, 5.41) is 9.91. The van der Waals surface area contributed by atoms with Crippen LogP contribution in [-0.4, -0.2) is 16.1 Å². The largest absolute Gasteiger partial charge is 0.478 e. The Morgan fingerprint density at radius 2 is 1.83 bits per heavy atom. The number of nitrogens with zero attached hydrogens (tertiary/aromatic N) is 1. The van der Waals surface area contributed by atoms with Crippen LogP contribution in [0.4, 0.5) is 5.69 Å². The molecule has 24 heavy (non-hydrogen) atoms. The Morgan fingerprint density at radius 3 is 2.54 bits per heavy atom. The fraction of sp³-hybridized carbons (Fsp3) is 0. The van der Waals surface area contributed by atoms with Crippen molar-refractivity contribution in [3.8, 4) is 11.1 Å². The van der Waals surface area contributed by atoms with Crippen LogP contribution in [0.15, 0.2) is 71.9 Å². The van der Waals surface area contributed by atoms with E-state index in [1.54, 1.807) is 30.6 Å². The number of nitrogens with one attached hydrogen (secondary N) is 1. The van der Waals surface area contributed by atoms with E-state index >= 15 is 0 Å². The molecule has 0 saturated carbocycles. The van der Waals surface area contributed by atoms with Gasteiger partial charge < -0.3 is 9.83 Å². The number of benzene rings is 2.